The van der Waals surface area contributed by atoms with E-state index >= 15 is 0 Å². The molecule has 0 bridgehead atoms. The number of ketones is 1. The number of ether oxygens (including phenoxy) is 1. The summed E-state index contributed by atoms with van der Waals surface area (Å²) in [6, 6.07) is 13.5. The van der Waals surface area contributed by atoms with Gasteiger partial charge in [-0.25, -0.2) is 0 Å². The van der Waals surface area contributed by atoms with Crippen LogP contribution < -0.4 is 4.74 Å². The van der Waals surface area contributed by atoms with Gasteiger partial charge >= 0.3 is 0 Å². The fourth-order valence-corrected chi connectivity index (χ4v) is 2.15. The first-order valence-corrected chi connectivity index (χ1v) is 8.64. The topological polar surface area (TPSA) is 69.4 Å². The van der Waals surface area contributed by atoms with E-state index in [1.165, 1.54) is 24.3 Å². The number of nitro groups is 1. The van der Waals surface area contributed by atoms with Gasteiger partial charge in [0.15, 0.2) is 5.78 Å². The van der Waals surface area contributed by atoms with Gasteiger partial charge < -0.3 is 4.74 Å². The van der Waals surface area contributed by atoms with Crippen molar-refractivity contribution in [1.82, 2.24) is 0 Å². The van der Waals surface area contributed by atoms with Crippen LogP contribution in [0.1, 0.15) is 11.1 Å². The Bertz CT molecular complexity index is 797. The van der Waals surface area contributed by atoms with E-state index < -0.39 is 4.92 Å². The maximum atomic E-state index is 11.9. The highest BCUT2D eigenvalue weighted by Gasteiger charge is 2.03. The first-order valence-electron chi connectivity index (χ1n) is 7.52. The molecule has 0 saturated carbocycles. The van der Waals surface area contributed by atoms with Crippen molar-refractivity contribution in [2.24, 2.45) is 0 Å². The van der Waals surface area contributed by atoms with Crippen LogP contribution in [0.4, 0.5) is 5.69 Å². The fourth-order valence-electron chi connectivity index (χ4n) is 1.99. The van der Waals surface area contributed by atoms with Gasteiger partial charge in [-0.2, -0.15) is 0 Å². The molecule has 0 aliphatic carbocycles. The molecule has 2 aromatic rings. The van der Waals surface area contributed by atoms with Crippen LogP contribution in [-0.2, 0) is 4.79 Å². The van der Waals surface area contributed by atoms with Gasteiger partial charge in [-0.1, -0.05) is 52.3 Å². The molecular weight excluding hydrogens is 386 g/mol. The minimum absolute atomic E-state index is 0.00708. The van der Waals surface area contributed by atoms with Gasteiger partial charge in [0.1, 0.15) is 5.75 Å². The third kappa shape index (κ3) is 6.35. The standard InChI is InChI=1S/C19H16BrNO4/c20-12-13-25-19-10-6-15(7-11-19)4-8-18(22)9-5-16-2-1-3-17(14-16)21(23)24/h1-11,14H,12-13H2. The molecule has 0 heterocycles. The Kier molecular flexibility index (Phi) is 7.10. The van der Waals surface area contributed by atoms with Crippen LogP contribution in [0.25, 0.3) is 12.2 Å². The van der Waals surface area contributed by atoms with E-state index in [1.807, 2.05) is 24.3 Å². The molecule has 0 aliphatic heterocycles. The predicted octanol–water partition coefficient (Wildman–Crippen LogP) is 4.66. The lowest BCUT2D eigenvalue weighted by Gasteiger charge is -2.03. The molecular formula is C19H16BrNO4. The number of benzene rings is 2. The van der Waals surface area contributed by atoms with Crippen LogP contribution in [0.15, 0.2) is 60.7 Å². The van der Waals surface area contributed by atoms with Crippen molar-refractivity contribution < 1.29 is 14.5 Å². The van der Waals surface area contributed by atoms with Crippen LogP contribution in [0.3, 0.4) is 0 Å². The smallest absolute Gasteiger partial charge is 0.270 e. The molecule has 128 valence electrons. The second-order valence-electron chi connectivity index (χ2n) is 5.03. The molecule has 0 fully saturated rings. The van der Waals surface area contributed by atoms with Crippen molar-refractivity contribution in [2.75, 3.05) is 11.9 Å². The summed E-state index contributed by atoms with van der Waals surface area (Å²) in [5.74, 6) is 0.569. The quantitative estimate of drug-likeness (QED) is 0.279. The van der Waals surface area contributed by atoms with E-state index in [1.54, 1.807) is 24.3 Å². The summed E-state index contributed by atoms with van der Waals surface area (Å²) in [6.07, 6.45) is 6.08. The summed E-state index contributed by atoms with van der Waals surface area (Å²) in [5.41, 5.74) is 1.47. The van der Waals surface area contributed by atoms with Crippen molar-refractivity contribution in [3.63, 3.8) is 0 Å². The van der Waals surface area contributed by atoms with Gasteiger partial charge in [0.05, 0.1) is 11.5 Å². The minimum Gasteiger partial charge on any atom is -0.493 e. The first-order chi connectivity index (χ1) is 12.1. The lowest BCUT2D eigenvalue weighted by Crippen LogP contribution is -1.97. The maximum absolute atomic E-state index is 11.9. The molecule has 5 nitrogen and oxygen atoms in total. The van der Waals surface area contributed by atoms with Crippen LogP contribution in [0.5, 0.6) is 5.75 Å². The molecule has 25 heavy (non-hydrogen) atoms. The number of hydrogen-bond donors (Lipinski definition) is 0. The number of carbonyl (C=O) groups excluding carboxylic acids is 1. The van der Waals surface area contributed by atoms with Crippen LogP contribution in [0, 0.1) is 10.1 Å². The number of rotatable bonds is 8. The van der Waals surface area contributed by atoms with Crippen molar-refractivity contribution in [3.8, 4) is 5.75 Å². The highest BCUT2D eigenvalue weighted by molar-refractivity contribution is 9.09. The van der Waals surface area contributed by atoms with E-state index in [0.717, 1.165) is 16.6 Å². The van der Waals surface area contributed by atoms with Crippen LogP contribution in [-0.4, -0.2) is 22.6 Å². The van der Waals surface area contributed by atoms with Gasteiger partial charge in [0.25, 0.3) is 5.69 Å². The second kappa shape index (κ2) is 9.54. The number of nitro benzene ring substituents is 1. The average Bonchev–Trinajstić information content (AvgIpc) is 2.64. The number of halogens is 1. The molecule has 0 amide bonds. The SMILES string of the molecule is O=C(C=Cc1ccc(OCCBr)cc1)C=Cc1cccc([N+](=O)[O-])c1. The highest BCUT2D eigenvalue weighted by Crippen LogP contribution is 2.15. The fraction of sp³-hybridized carbons (Fsp3) is 0.105. The highest BCUT2D eigenvalue weighted by atomic mass is 79.9. The van der Waals surface area contributed by atoms with E-state index in [4.69, 9.17) is 4.74 Å². The summed E-state index contributed by atoms with van der Waals surface area (Å²) in [4.78, 5) is 22.1. The average molecular weight is 402 g/mol. The summed E-state index contributed by atoms with van der Waals surface area (Å²) in [5, 5.41) is 11.5. The molecule has 2 aromatic carbocycles. The number of allylic oxidation sites excluding steroid dienone is 2. The third-order valence-electron chi connectivity index (χ3n) is 3.19. The lowest BCUT2D eigenvalue weighted by molar-refractivity contribution is -0.384. The maximum Gasteiger partial charge on any atom is 0.270 e. The summed E-state index contributed by atoms with van der Waals surface area (Å²) >= 11 is 3.29. The summed E-state index contributed by atoms with van der Waals surface area (Å²) < 4.78 is 5.45. The number of alkyl halides is 1. The molecule has 0 N–H and O–H groups in total. The van der Waals surface area contributed by atoms with E-state index in [2.05, 4.69) is 15.9 Å². The molecule has 6 heteroatoms. The largest absolute Gasteiger partial charge is 0.493 e. The van der Waals surface area contributed by atoms with Crippen molar-refractivity contribution in [1.29, 1.82) is 0 Å². The molecule has 0 unspecified atom stereocenters. The van der Waals surface area contributed by atoms with Crippen molar-refractivity contribution >= 4 is 39.6 Å². The second-order valence-corrected chi connectivity index (χ2v) is 5.82. The minimum atomic E-state index is -0.468. The van der Waals surface area contributed by atoms with Crippen LogP contribution >= 0.6 is 15.9 Å². The molecule has 0 radical (unpaired) electrons. The molecule has 0 atom stereocenters. The molecule has 0 aromatic heterocycles. The molecule has 0 aliphatic rings. The summed E-state index contributed by atoms with van der Waals surface area (Å²) in [6.45, 7) is 0.593. The number of carbonyl (C=O) groups is 1. The number of non-ortho nitro benzene ring substituents is 1. The van der Waals surface area contributed by atoms with E-state index in [0.29, 0.717) is 12.2 Å². The Labute approximate surface area is 153 Å². The van der Waals surface area contributed by atoms with Crippen LogP contribution in [0.2, 0.25) is 0 Å². The zero-order valence-electron chi connectivity index (χ0n) is 13.3. The number of nitrogens with zero attached hydrogens (tertiary/aromatic N) is 1. The van der Waals surface area contributed by atoms with E-state index in [-0.39, 0.29) is 11.5 Å². The van der Waals surface area contributed by atoms with Gasteiger partial charge in [-0.15, -0.1) is 0 Å². The van der Waals surface area contributed by atoms with Gasteiger partial charge in [-0.05, 0) is 35.4 Å². The zero-order chi connectivity index (χ0) is 18.1. The normalized spacial score (nSPS) is 11.1. The Hall–Kier alpha value is -2.73. The van der Waals surface area contributed by atoms with Gasteiger partial charge in [0.2, 0.25) is 0 Å². The van der Waals surface area contributed by atoms with Crippen molar-refractivity contribution in [2.45, 2.75) is 0 Å². The third-order valence-corrected chi connectivity index (χ3v) is 3.51. The summed E-state index contributed by atoms with van der Waals surface area (Å²) in [7, 11) is 0. The van der Waals surface area contributed by atoms with Gasteiger partial charge in [0, 0.05) is 17.5 Å². The Morgan fingerprint density at radius 1 is 1.08 bits per heavy atom. The Balaban J connectivity index is 1.96. The predicted molar refractivity (Wildman–Crippen MR) is 102 cm³/mol. The van der Waals surface area contributed by atoms with Gasteiger partial charge in [-0.3, -0.25) is 14.9 Å². The molecule has 2 rings (SSSR count). The van der Waals surface area contributed by atoms with E-state index in [9.17, 15) is 14.9 Å². The molecule has 0 saturated heterocycles. The zero-order valence-corrected chi connectivity index (χ0v) is 14.9. The Morgan fingerprint density at radius 3 is 2.40 bits per heavy atom. The molecule has 0 spiro atoms. The lowest BCUT2D eigenvalue weighted by atomic mass is 10.1. The monoisotopic (exact) mass is 401 g/mol. The van der Waals surface area contributed by atoms with Crippen molar-refractivity contribution in [3.05, 3.63) is 81.9 Å². The Morgan fingerprint density at radius 2 is 1.76 bits per heavy atom. The first kappa shape index (κ1) is 18.6. The number of hydrogen-bond acceptors (Lipinski definition) is 4.